The Morgan fingerprint density at radius 2 is 2.29 bits per heavy atom. The molecule has 2 rings (SSSR count). The molecule has 1 aliphatic rings. The van der Waals surface area contributed by atoms with Crippen molar-refractivity contribution in [2.24, 2.45) is 11.8 Å². The third-order valence-corrected chi connectivity index (χ3v) is 5.78. The van der Waals surface area contributed by atoms with E-state index >= 15 is 0 Å². The summed E-state index contributed by atoms with van der Waals surface area (Å²) in [6, 6.07) is 0.618. The van der Waals surface area contributed by atoms with Gasteiger partial charge in [-0.1, -0.05) is 32.5 Å². The minimum Gasteiger partial charge on any atom is -0.313 e. The molecule has 0 bridgehead atoms. The van der Waals surface area contributed by atoms with Crippen LogP contribution in [0.1, 0.15) is 33.6 Å². The maximum absolute atomic E-state index is 4.30. The highest BCUT2D eigenvalue weighted by molar-refractivity contribution is 8.01. The van der Waals surface area contributed by atoms with Crippen molar-refractivity contribution in [2.75, 3.05) is 6.54 Å². The van der Waals surface area contributed by atoms with Crippen LogP contribution in [0.2, 0.25) is 0 Å². The van der Waals surface area contributed by atoms with Crippen LogP contribution in [-0.2, 0) is 0 Å². The Balaban J connectivity index is 2.04. The summed E-state index contributed by atoms with van der Waals surface area (Å²) in [6.45, 7) is 7.99. The summed E-state index contributed by atoms with van der Waals surface area (Å²) >= 11 is 3.43. The average molecular weight is 271 g/mol. The highest BCUT2D eigenvalue weighted by atomic mass is 32.2. The summed E-state index contributed by atoms with van der Waals surface area (Å²) in [5.74, 6) is 1.58. The van der Waals surface area contributed by atoms with Gasteiger partial charge >= 0.3 is 0 Å². The largest absolute Gasteiger partial charge is 0.313 e. The number of hydrogen-bond acceptors (Lipinski definition) is 5. The first-order valence-corrected chi connectivity index (χ1v) is 8.02. The van der Waals surface area contributed by atoms with Gasteiger partial charge in [0.25, 0.3) is 0 Å². The van der Waals surface area contributed by atoms with E-state index in [4.69, 9.17) is 0 Å². The molecule has 4 atom stereocenters. The van der Waals surface area contributed by atoms with Gasteiger partial charge in [0.15, 0.2) is 4.34 Å². The Morgan fingerprint density at radius 1 is 1.47 bits per heavy atom. The third kappa shape index (κ3) is 3.42. The monoisotopic (exact) mass is 271 g/mol. The zero-order chi connectivity index (χ0) is 12.3. The molecule has 1 heterocycles. The molecule has 1 saturated carbocycles. The van der Waals surface area contributed by atoms with Crippen LogP contribution in [0.25, 0.3) is 0 Å². The first-order chi connectivity index (χ1) is 8.20. The van der Waals surface area contributed by atoms with E-state index in [-0.39, 0.29) is 0 Å². The molecule has 5 heteroatoms. The van der Waals surface area contributed by atoms with E-state index in [1.807, 2.05) is 11.8 Å². The van der Waals surface area contributed by atoms with Gasteiger partial charge in [-0.15, -0.1) is 0 Å². The fourth-order valence-electron chi connectivity index (χ4n) is 2.82. The number of hydrogen-bond donors (Lipinski definition) is 1. The molecule has 17 heavy (non-hydrogen) atoms. The lowest BCUT2D eigenvalue weighted by Crippen LogP contribution is -2.46. The van der Waals surface area contributed by atoms with E-state index in [0.29, 0.717) is 11.3 Å². The molecule has 0 radical (unpaired) electrons. The van der Waals surface area contributed by atoms with Crippen LogP contribution >= 0.6 is 23.3 Å². The second-order valence-electron chi connectivity index (χ2n) is 5.01. The smallest absolute Gasteiger partial charge is 0.170 e. The maximum Gasteiger partial charge on any atom is 0.170 e. The molecule has 0 aliphatic heterocycles. The minimum atomic E-state index is 0.618. The fraction of sp³-hybridized carbons (Fsp3) is 0.833. The molecule has 1 aromatic heterocycles. The second-order valence-corrected chi connectivity index (χ2v) is 7.21. The Kier molecular flexibility index (Phi) is 4.82. The molecule has 1 aliphatic carbocycles. The van der Waals surface area contributed by atoms with Crippen LogP contribution in [0.15, 0.2) is 10.7 Å². The summed E-state index contributed by atoms with van der Waals surface area (Å²) in [5.41, 5.74) is 0. The molecule has 0 aromatic carbocycles. The van der Waals surface area contributed by atoms with Crippen molar-refractivity contribution in [1.82, 2.24) is 14.7 Å². The van der Waals surface area contributed by atoms with Gasteiger partial charge in [-0.25, -0.2) is 4.98 Å². The van der Waals surface area contributed by atoms with Crippen molar-refractivity contribution in [3.63, 3.8) is 0 Å². The molecule has 0 saturated heterocycles. The van der Waals surface area contributed by atoms with Crippen molar-refractivity contribution in [3.8, 4) is 0 Å². The first-order valence-electron chi connectivity index (χ1n) is 6.37. The molecular weight excluding hydrogens is 250 g/mol. The maximum atomic E-state index is 4.30. The Bertz CT molecular complexity index is 329. The number of rotatable bonds is 4. The molecule has 1 N–H and O–H groups in total. The number of nitrogens with one attached hydrogen (secondary N) is 1. The lowest BCUT2D eigenvalue weighted by molar-refractivity contribution is 0.251. The van der Waals surface area contributed by atoms with Gasteiger partial charge in [0, 0.05) is 11.3 Å². The van der Waals surface area contributed by atoms with E-state index in [2.05, 4.69) is 35.4 Å². The second kappa shape index (κ2) is 6.16. The molecule has 4 unspecified atom stereocenters. The van der Waals surface area contributed by atoms with Crippen LogP contribution in [0, 0.1) is 11.8 Å². The minimum absolute atomic E-state index is 0.618. The average Bonchev–Trinajstić information content (AvgIpc) is 2.76. The fourth-order valence-corrected chi connectivity index (χ4v) is 4.79. The molecule has 96 valence electrons. The Labute approximate surface area is 112 Å². The van der Waals surface area contributed by atoms with Crippen LogP contribution in [-0.4, -0.2) is 27.2 Å². The molecule has 1 aromatic rings. The molecular formula is C12H21N3S2. The SMILES string of the molecule is CCNC1CC(C)CC(C)C1Sc1ncns1. The van der Waals surface area contributed by atoms with E-state index in [1.54, 1.807) is 6.33 Å². The number of nitrogens with zero attached hydrogens (tertiary/aromatic N) is 2. The Morgan fingerprint density at radius 3 is 2.94 bits per heavy atom. The predicted molar refractivity (Wildman–Crippen MR) is 74.6 cm³/mol. The van der Waals surface area contributed by atoms with E-state index < -0.39 is 0 Å². The Hall–Kier alpha value is -0.130. The molecule has 1 fully saturated rings. The van der Waals surface area contributed by atoms with Crippen LogP contribution < -0.4 is 5.32 Å². The van der Waals surface area contributed by atoms with E-state index in [1.165, 1.54) is 24.4 Å². The normalized spacial score (nSPS) is 33.8. The van der Waals surface area contributed by atoms with Crippen molar-refractivity contribution < 1.29 is 0 Å². The molecule has 0 amide bonds. The van der Waals surface area contributed by atoms with Crippen molar-refractivity contribution in [1.29, 1.82) is 0 Å². The zero-order valence-electron chi connectivity index (χ0n) is 10.7. The predicted octanol–water partition coefficient (Wildman–Crippen LogP) is 3.04. The van der Waals surface area contributed by atoms with Crippen molar-refractivity contribution >= 4 is 23.3 Å². The lowest BCUT2D eigenvalue weighted by atomic mass is 9.80. The highest BCUT2D eigenvalue weighted by Crippen LogP contribution is 2.39. The first kappa shape index (κ1) is 13.3. The van der Waals surface area contributed by atoms with Gasteiger partial charge in [0.1, 0.15) is 6.33 Å². The number of aromatic nitrogens is 2. The van der Waals surface area contributed by atoms with Gasteiger partial charge in [0.05, 0.1) is 0 Å². The van der Waals surface area contributed by atoms with Crippen molar-refractivity contribution in [2.45, 2.75) is 49.2 Å². The topological polar surface area (TPSA) is 37.8 Å². The van der Waals surface area contributed by atoms with Crippen LogP contribution in [0.5, 0.6) is 0 Å². The van der Waals surface area contributed by atoms with Gasteiger partial charge < -0.3 is 5.32 Å². The summed E-state index contributed by atoms with van der Waals surface area (Å²) in [7, 11) is 0. The van der Waals surface area contributed by atoms with E-state index in [0.717, 1.165) is 22.7 Å². The van der Waals surface area contributed by atoms with Crippen molar-refractivity contribution in [3.05, 3.63) is 6.33 Å². The summed E-state index contributed by atoms with van der Waals surface area (Å²) in [6.07, 6.45) is 4.28. The van der Waals surface area contributed by atoms with Gasteiger partial charge in [-0.3, -0.25) is 0 Å². The van der Waals surface area contributed by atoms with Gasteiger partial charge in [-0.05, 0) is 42.8 Å². The molecule has 3 nitrogen and oxygen atoms in total. The third-order valence-electron chi connectivity index (χ3n) is 3.43. The summed E-state index contributed by atoms with van der Waals surface area (Å²) < 4.78 is 5.20. The van der Waals surface area contributed by atoms with Crippen LogP contribution in [0.4, 0.5) is 0 Å². The van der Waals surface area contributed by atoms with Gasteiger partial charge in [-0.2, -0.15) is 4.37 Å². The van der Waals surface area contributed by atoms with Gasteiger partial charge in [0.2, 0.25) is 0 Å². The zero-order valence-corrected chi connectivity index (χ0v) is 12.4. The van der Waals surface area contributed by atoms with Crippen LogP contribution in [0.3, 0.4) is 0 Å². The van der Waals surface area contributed by atoms with E-state index in [9.17, 15) is 0 Å². The summed E-state index contributed by atoms with van der Waals surface area (Å²) in [5, 5.41) is 4.28. The standard InChI is InChI=1S/C12H21N3S2/c1-4-13-10-6-8(2)5-9(3)11(10)16-12-14-7-15-17-12/h7-11,13H,4-6H2,1-3H3. The lowest BCUT2D eigenvalue weighted by Gasteiger charge is -2.39. The highest BCUT2D eigenvalue weighted by Gasteiger charge is 2.34. The number of thioether (sulfide) groups is 1. The molecule has 0 spiro atoms. The quantitative estimate of drug-likeness (QED) is 0.913. The summed E-state index contributed by atoms with van der Waals surface area (Å²) in [4.78, 5) is 4.30.